The lowest BCUT2D eigenvalue weighted by molar-refractivity contribution is -0.917. The minimum atomic E-state index is -3.58. The second-order valence-electron chi connectivity index (χ2n) is 7.05. The monoisotopic (exact) mass is 403 g/mol. The standard InChI is InChI=1S/C21H20F2N2O2S/c22-20-7-3-6-18(21(20)23)15-24-10-12-25(13-11-24)28(26,27)19-9-8-16-4-1-2-5-17(16)14-19/h1-9,14H,10-13,15H2/p+1. The van der Waals surface area contributed by atoms with E-state index in [0.29, 0.717) is 38.3 Å². The van der Waals surface area contributed by atoms with Crippen molar-refractivity contribution in [3.63, 3.8) is 0 Å². The molecule has 1 N–H and O–H groups in total. The molecule has 0 spiro atoms. The van der Waals surface area contributed by atoms with Gasteiger partial charge in [-0.15, -0.1) is 0 Å². The number of halogens is 2. The molecule has 4 rings (SSSR count). The maximum Gasteiger partial charge on any atom is 0.243 e. The van der Waals surface area contributed by atoms with Crippen molar-refractivity contribution in [2.75, 3.05) is 26.2 Å². The number of benzene rings is 3. The predicted octanol–water partition coefficient (Wildman–Crippen LogP) is 2.21. The zero-order valence-electron chi connectivity index (χ0n) is 15.2. The van der Waals surface area contributed by atoms with Crippen LogP contribution in [0.5, 0.6) is 0 Å². The van der Waals surface area contributed by atoms with Crippen molar-refractivity contribution >= 4 is 20.8 Å². The van der Waals surface area contributed by atoms with E-state index >= 15 is 0 Å². The molecule has 0 bridgehead atoms. The van der Waals surface area contributed by atoms with Crippen molar-refractivity contribution in [3.05, 3.63) is 77.9 Å². The SMILES string of the molecule is O=S(=O)(c1ccc2ccccc2c1)N1CC[NH+](Cc2cccc(F)c2F)CC1. The molecule has 1 heterocycles. The Labute approximate surface area is 163 Å². The van der Waals surface area contributed by atoms with E-state index in [-0.39, 0.29) is 4.90 Å². The molecule has 0 saturated carbocycles. The molecule has 3 aromatic rings. The lowest BCUT2D eigenvalue weighted by Gasteiger charge is -2.31. The molecule has 1 aliphatic rings. The molecule has 0 amide bonds. The van der Waals surface area contributed by atoms with Crippen LogP contribution in [-0.2, 0) is 16.6 Å². The van der Waals surface area contributed by atoms with Gasteiger partial charge in [0.05, 0.1) is 31.1 Å². The van der Waals surface area contributed by atoms with E-state index in [1.165, 1.54) is 10.4 Å². The highest BCUT2D eigenvalue weighted by atomic mass is 32.2. The Bertz CT molecular complexity index is 1110. The van der Waals surface area contributed by atoms with Gasteiger partial charge in [0.1, 0.15) is 6.54 Å². The third-order valence-electron chi connectivity index (χ3n) is 5.26. The molecule has 7 heteroatoms. The topological polar surface area (TPSA) is 41.8 Å². The summed E-state index contributed by atoms with van der Waals surface area (Å²) < 4.78 is 54.7. The molecule has 146 valence electrons. The van der Waals surface area contributed by atoms with Crippen molar-refractivity contribution in [2.24, 2.45) is 0 Å². The highest BCUT2D eigenvalue weighted by molar-refractivity contribution is 7.89. The van der Waals surface area contributed by atoms with Gasteiger partial charge < -0.3 is 4.90 Å². The molecule has 4 nitrogen and oxygen atoms in total. The van der Waals surface area contributed by atoms with Gasteiger partial charge in [0.25, 0.3) is 0 Å². The van der Waals surface area contributed by atoms with Crippen LogP contribution in [0.3, 0.4) is 0 Å². The highest BCUT2D eigenvalue weighted by Gasteiger charge is 2.31. The minimum absolute atomic E-state index is 0.283. The summed E-state index contributed by atoms with van der Waals surface area (Å²) >= 11 is 0. The van der Waals surface area contributed by atoms with Gasteiger partial charge in [-0.1, -0.05) is 42.5 Å². The Morgan fingerprint density at radius 3 is 2.36 bits per heavy atom. The van der Waals surface area contributed by atoms with E-state index in [9.17, 15) is 17.2 Å². The summed E-state index contributed by atoms with van der Waals surface area (Å²) in [6.45, 7) is 2.13. The number of hydrogen-bond acceptors (Lipinski definition) is 2. The first kappa shape index (κ1) is 19.0. The smallest absolute Gasteiger partial charge is 0.243 e. The van der Waals surface area contributed by atoms with E-state index in [2.05, 4.69) is 0 Å². The summed E-state index contributed by atoms with van der Waals surface area (Å²) in [5.74, 6) is -1.67. The van der Waals surface area contributed by atoms with E-state index in [1.807, 2.05) is 30.3 Å². The molecule has 1 saturated heterocycles. The summed E-state index contributed by atoms with van der Waals surface area (Å²) in [6.07, 6.45) is 0. The van der Waals surface area contributed by atoms with Crippen LogP contribution in [0.4, 0.5) is 8.78 Å². The van der Waals surface area contributed by atoms with Gasteiger partial charge in [-0.05, 0) is 29.0 Å². The third-order valence-corrected chi connectivity index (χ3v) is 7.15. The van der Waals surface area contributed by atoms with Crippen molar-refractivity contribution in [1.82, 2.24) is 4.31 Å². The molecular formula is C21H21F2N2O2S+. The van der Waals surface area contributed by atoms with Crippen LogP contribution in [0.2, 0.25) is 0 Å². The summed E-state index contributed by atoms with van der Waals surface area (Å²) in [6, 6.07) is 17.0. The van der Waals surface area contributed by atoms with Crippen molar-refractivity contribution < 1.29 is 22.1 Å². The van der Waals surface area contributed by atoms with Crippen LogP contribution < -0.4 is 4.90 Å². The van der Waals surface area contributed by atoms with E-state index in [4.69, 9.17) is 0 Å². The summed E-state index contributed by atoms with van der Waals surface area (Å²) in [5, 5.41) is 1.88. The lowest BCUT2D eigenvalue weighted by atomic mass is 10.1. The molecule has 0 aromatic heterocycles. The molecule has 0 radical (unpaired) electrons. The molecular weight excluding hydrogens is 382 g/mol. The normalized spacial score (nSPS) is 16.5. The Balaban J connectivity index is 1.47. The number of hydrogen-bond donors (Lipinski definition) is 1. The largest absolute Gasteiger partial charge is 0.329 e. The molecule has 1 aliphatic heterocycles. The van der Waals surface area contributed by atoms with Crippen molar-refractivity contribution in [2.45, 2.75) is 11.4 Å². The fourth-order valence-electron chi connectivity index (χ4n) is 3.65. The Morgan fingerprint density at radius 2 is 1.61 bits per heavy atom. The molecule has 0 aliphatic carbocycles. The van der Waals surface area contributed by atoms with E-state index in [1.54, 1.807) is 18.2 Å². The Hall–Kier alpha value is -2.35. The minimum Gasteiger partial charge on any atom is -0.329 e. The number of nitrogens with zero attached hydrogens (tertiary/aromatic N) is 1. The number of piperazine rings is 1. The van der Waals surface area contributed by atoms with Gasteiger partial charge in [0.15, 0.2) is 11.6 Å². The Morgan fingerprint density at radius 1 is 0.893 bits per heavy atom. The molecule has 0 unspecified atom stereocenters. The molecule has 3 aromatic carbocycles. The molecule has 0 atom stereocenters. The second kappa shape index (κ2) is 7.58. The lowest BCUT2D eigenvalue weighted by Crippen LogP contribution is -3.13. The number of rotatable bonds is 4. The number of sulfonamides is 1. The van der Waals surface area contributed by atoms with Gasteiger partial charge in [-0.2, -0.15) is 4.31 Å². The first-order valence-corrected chi connectivity index (χ1v) is 10.6. The van der Waals surface area contributed by atoms with Crippen LogP contribution >= 0.6 is 0 Å². The summed E-state index contributed by atoms with van der Waals surface area (Å²) in [5.41, 5.74) is 0.320. The van der Waals surface area contributed by atoms with Crippen LogP contribution in [0.25, 0.3) is 10.8 Å². The molecule has 1 fully saturated rings. The van der Waals surface area contributed by atoms with E-state index < -0.39 is 21.7 Å². The van der Waals surface area contributed by atoms with Gasteiger partial charge in [-0.25, -0.2) is 17.2 Å². The van der Waals surface area contributed by atoms with Gasteiger partial charge >= 0.3 is 0 Å². The fourth-order valence-corrected chi connectivity index (χ4v) is 5.13. The number of fused-ring (bicyclic) bond motifs is 1. The maximum atomic E-state index is 13.9. The fraction of sp³-hybridized carbons (Fsp3) is 0.238. The van der Waals surface area contributed by atoms with Crippen molar-refractivity contribution in [1.29, 1.82) is 0 Å². The van der Waals surface area contributed by atoms with Gasteiger partial charge in [-0.3, -0.25) is 0 Å². The van der Waals surface area contributed by atoms with Gasteiger partial charge in [0.2, 0.25) is 10.0 Å². The van der Waals surface area contributed by atoms with Gasteiger partial charge in [0, 0.05) is 5.56 Å². The number of nitrogens with one attached hydrogen (secondary N) is 1. The zero-order chi connectivity index (χ0) is 19.7. The Kier molecular flexibility index (Phi) is 5.14. The summed E-state index contributed by atoms with van der Waals surface area (Å²) in [7, 11) is -3.58. The van der Waals surface area contributed by atoms with Crippen LogP contribution in [0.15, 0.2) is 65.6 Å². The van der Waals surface area contributed by atoms with Crippen molar-refractivity contribution in [3.8, 4) is 0 Å². The quantitative estimate of drug-likeness (QED) is 0.726. The second-order valence-corrected chi connectivity index (χ2v) is 8.99. The first-order chi connectivity index (χ1) is 13.4. The number of quaternary nitrogens is 1. The third kappa shape index (κ3) is 3.65. The van der Waals surface area contributed by atoms with E-state index in [0.717, 1.165) is 21.7 Å². The van der Waals surface area contributed by atoms with Crippen LogP contribution in [0, 0.1) is 11.6 Å². The first-order valence-electron chi connectivity index (χ1n) is 9.20. The van der Waals surface area contributed by atoms with Crippen LogP contribution in [-0.4, -0.2) is 38.9 Å². The predicted molar refractivity (Wildman–Crippen MR) is 103 cm³/mol. The van der Waals surface area contributed by atoms with Crippen LogP contribution in [0.1, 0.15) is 5.56 Å². The highest BCUT2D eigenvalue weighted by Crippen LogP contribution is 2.22. The average molecular weight is 403 g/mol. The molecule has 28 heavy (non-hydrogen) atoms. The zero-order valence-corrected chi connectivity index (χ0v) is 16.1. The summed E-state index contributed by atoms with van der Waals surface area (Å²) in [4.78, 5) is 1.32. The maximum absolute atomic E-state index is 13.9. The average Bonchev–Trinajstić information content (AvgIpc) is 2.71.